The highest BCUT2D eigenvalue weighted by Crippen LogP contribution is 2.32. The molecule has 0 radical (unpaired) electrons. The maximum atomic E-state index is 13.1. The summed E-state index contributed by atoms with van der Waals surface area (Å²) in [6.45, 7) is 3.80. The van der Waals surface area contributed by atoms with Gasteiger partial charge in [-0.05, 0) is 55.3 Å². The summed E-state index contributed by atoms with van der Waals surface area (Å²) in [5, 5.41) is 0. The van der Waals surface area contributed by atoms with Crippen LogP contribution in [0.4, 0.5) is 4.39 Å². The van der Waals surface area contributed by atoms with E-state index < -0.39 is 0 Å². The van der Waals surface area contributed by atoms with Crippen molar-refractivity contribution >= 4 is 34.5 Å². The van der Waals surface area contributed by atoms with Gasteiger partial charge in [-0.1, -0.05) is 12.1 Å². The van der Waals surface area contributed by atoms with Crippen molar-refractivity contribution in [3.63, 3.8) is 0 Å². The Hall–Kier alpha value is -2.51. The topological polar surface area (TPSA) is 58.2 Å². The third-order valence-electron chi connectivity index (χ3n) is 3.50. The molecule has 3 aromatic rings. The highest BCUT2D eigenvalue weighted by Gasteiger charge is 2.15. The lowest BCUT2D eigenvalue weighted by Crippen LogP contribution is -2.41. The van der Waals surface area contributed by atoms with Crippen molar-refractivity contribution in [1.82, 2.24) is 10.9 Å². The summed E-state index contributed by atoms with van der Waals surface area (Å²) in [7, 11) is 0. The first-order valence-electron chi connectivity index (χ1n) is 7.47. The van der Waals surface area contributed by atoms with Crippen LogP contribution in [-0.4, -0.2) is 11.8 Å². The minimum Gasteiger partial charge on any atom is -0.266 e. The van der Waals surface area contributed by atoms with Gasteiger partial charge in [0.1, 0.15) is 5.82 Å². The van der Waals surface area contributed by atoms with Gasteiger partial charge in [0.2, 0.25) is 0 Å². The van der Waals surface area contributed by atoms with E-state index in [2.05, 4.69) is 10.9 Å². The molecule has 0 saturated carbocycles. The first-order valence-corrected chi connectivity index (χ1v) is 9.11. The zero-order valence-corrected chi connectivity index (χ0v) is 15.2. The molecular weight excluding hydrogens is 359 g/mol. The molecule has 3 rings (SSSR count). The summed E-state index contributed by atoms with van der Waals surface area (Å²) in [5.41, 5.74) is 6.61. The van der Waals surface area contributed by atoms with Crippen LogP contribution in [0, 0.1) is 19.7 Å². The molecule has 0 aliphatic heterocycles. The molecular formula is C18H15FN2O2S2. The molecule has 7 heteroatoms. The van der Waals surface area contributed by atoms with Gasteiger partial charge in [0.25, 0.3) is 11.8 Å². The number of carbonyl (C=O) groups is 2. The normalized spacial score (nSPS) is 10.5. The SMILES string of the molecule is Cc1ccc(C(=O)NNC(=O)c2cc(C)c(-c3ccc(F)cc3)s2)s1. The van der Waals surface area contributed by atoms with Crippen molar-refractivity contribution in [3.8, 4) is 10.4 Å². The fourth-order valence-corrected chi connectivity index (χ4v) is 4.11. The zero-order chi connectivity index (χ0) is 18.0. The highest BCUT2D eigenvalue weighted by molar-refractivity contribution is 7.17. The van der Waals surface area contributed by atoms with Crippen molar-refractivity contribution < 1.29 is 14.0 Å². The monoisotopic (exact) mass is 374 g/mol. The van der Waals surface area contributed by atoms with Crippen molar-refractivity contribution in [3.05, 3.63) is 68.5 Å². The lowest BCUT2D eigenvalue weighted by atomic mass is 10.1. The minimum atomic E-state index is -0.386. The average molecular weight is 374 g/mol. The van der Waals surface area contributed by atoms with Crippen LogP contribution in [0.5, 0.6) is 0 Å². The van der Waals surface area contributed by atoms with Crippen LogP contribution in [0.25, 0.3) is 10.4 Å². The van der Waals surface area contributed by atoms with Crippen LogP contribution >= 0.6 is 22.7 Å². The molecule has 0 bridgehead atoms. The van der Waals surface area contributed by atoms with Crippen molar-refractivity contribution in [2.24, 2.45) is 0 Å². The van der Waals surface area contributed by atoms with E-state index in [1.807, 2.05) is 19.9 Å². The quantitative estimate of drug-likeness (QED) is 0.671. The maximum Gasteiger partial charge on any atom is 0.279 e. The fraction of sp³-hybridized carbons (Fsp3) is 0.111. The van der Waals surface area contributed by atoms with E-state index in [1.165, 1.54) is 34.8 Å². The number of benzene rings is 1. The highest BCUT2D eigenvalue weighted by atomic mass is 32.1. The van der Waals surface area contributed by atoms with E-state index in [1.54, 1.807) is 24.3 Å². The molecule has 0 aliphatic carbocycles. The van der Waals surface area contributed by atoms with E-state index in [0.29, 0.717) is 9.75 Å². The molecule has 2 heterocycles. The molecule has 0 spiro atoms. The molecule has 0 atom stereocenters. The summed E-state index contributed by atoms with van der Waals surface area (Å²) in [5.74, 6) is -1.04. The second-order valence-corrected chi connectivity index (χ2v) is 7.79. The first kappa shape index (κ1) is 17.3. The van der Waals surface area contributed by atoms with Crippen LogP contribution in [-0.2, 0) is 0 Å². The Morgan fingerprint density at radius 2 is 1.52 bits per heavy atom. The Morgan fingerprint density at radius 1 is 0.880 bits per heavy atom. The van der Waals surface area contributed by atoms with Gasteiger partial charge in [0, 0.05) is 9.75 Å². The summed E-state index contributed by atoms with van der Waals surface area (Å²) in [6, 6.07) is 11.4. The molecule has 128 valence electrons. The van der Waals surface area contributed by atoms with Gasteiger partial charge in [0.15, 0.2) is 0 Å². The predicted molar refractivity (Wildman–Crippen MR) is 98.4 cm³/mol. The predicted octanol–water partition coefficient (Wildman–Crippen LogP) is 4.31. The Labute approximate surface area is 152 Å². The summed E-state index contributed by atoms with van der Waals surface area (Å²) in [6.07, 6.45) is 0. The second-order valence-electron chi connectivity index (χ2n) is 5.45. The number of halogens is 1. The first-order chi connectivity index (χ1) is 11.9. The fourth-order valence-electron chi connectivity index (χ4n) is 2.28. The Kier molecular flexibility index (Phi) is 4.96. The number of thiophene rings is 2. The number of rotatable bonds is 3. The number of hydrazine groups is 1. The number of aryl methyl sites for hydroxylation is 2. The van der Waals surface area contributed by atoms with Gasteiger partial charge in [-0.2, -0.15) is 0 Å². The third kappa shape index (κ3) is 3.94. The number of hydrogen-bond acceptors (Lipinski definition) is 4. The molecule has 4 nitrogen and oxygen atoms in total. The van der Waals surface area contributed by atoms with Gasteiger partial charge in [-0.3, -0.25) is 20.4 Å². The standard InChI is InChI=1S/C18H15FN2O2S2/c1-10-9-15(25-16(10)12-4-6-13(19)7-5-12)18(23)21-20-17(22)14-8-3-11(2)24-14/h3-9H,1-2H3,(H,20,22)(H,21,23). The van der Waals surface area contributed by atoms with Crippen molar-refractivity contribution in [1.29, 1.82) is 0 Å². The van der Waals surface area contributed by atoms with E-state index in [0.717, 1.165) is 20.9 Å². The summed E-state index contributed by atoms with van der Waals surface area (Å²) in [4.78, 5) is 27.2. The van der Waals surface area contributed by atoms with E-state index in [-0.39, 0.29) is 17.6 Å². The van der Waals surface area contributed by atoms with Crippen molar-refractivity contribution in [2.75, 3.05) is 0 Å². The summed E-state index contributed by atoms with van der Waals surface area (Å²) >= 11 is 2.65. The maximum absolute atomic E-state index is 13.1. The van der Waals surface area contributed by atoms with Crippen LogP contribution in [0.2, 0.25) is 0 Å². The molecule has 1 aromatic carbocycles. The number of amides is 2. The van der Waals surface area contributed by atoms with Gasteiger partial charge < -0.3 is 0 Å². The smallest absolute Gasteiger partial charge is 0.266 e. The lowest BCUT2D eigenvalue weighted by Gasteiger charge is -2.04. The van der Waals surface area contributed by atoms with Crippen LogP contribution < -0.4 is 10.9 Å². The Bertz CT molecular complexity index is 929. The van der Waals surface area contributed by atoms with Gasteiger partial charge in [-0.15, -0.1) is 22.7 Å². The Balaban J connectivity index is 1.69. The molecule has 2 N–H and O–H groups in total. The molecule has 0 unspecified atom stereocenters. The number of carbonyl (C=O) groups excluding carboxylic acids is 2. The molecule has 25 heavy (non-hydrogen) atoms. The third-order valence-corrected chi connectivity index (χ3v) is 5.79. The zero-order valence-electron chi connectivity index (χ0n) is 13.6. The van der Waals surface area contributed by atoms with E-state index in [4.69, 9.17) is 0 Å². The van der Waals surface area contributed by atoms with Gasteiger partial charge in [0.05, 0.1) is 9.75 Å². The Morgan fingerprint density at radius 3 is 2.12 bits per heavy atom. The molecule has 2 amide bonds. The van der Waals surface area contributed by atoms with Crippen LogP contribution in [0.1, 0.15) is 29.8 Å². The van der Waals surface area contributed by atoms with Crippen LogP contribution in [0.15, 0.2) is 42.5 Å². The van der Waals surface area contributed by atoms with Crippen LogP contribution in [0.3, 0.4) is 0 Å². The molecule has 0 saturated heterocycles. The molecule has 0 fully saturated rings. The van der Waals surface area contributed by atoms with Crippen molar-refractivity contribution in [2.45, 2.75) is 13.8 Å². The summed E-state index contributed by atoms with van der Waals surface area (Å²) < 4.78 is 13.1. The number of hydrogen-bond donors (Lipinski definition) is 2. The average Bonchev–Trinajstić information content (AvgIpc) is 3.19. The molecule has 0 aliphatic rings. The largest absolute Gasteiger partial charge is 0.279 e. The van der Waals surface area contributed by atoms with Gasteiger partial charge in [-0.25, -0.2) is 4.39 Å². The lowest BCUT2D eigenvalue weighted by molar-refractivity contribution is 0.0851. The van der Waals surface area contributed by atoms with E-state index in [9.17, 15) is 14.0 Å². The molecule has 2 aromatic heterocycles. The number of nitrogens with one attached hydrogen (secondary N) is 2. The van der Waals surface area contributed by atoms with Gasteiger partial charge >= 0.3 is 0 Å². The second kappa shape index (κ2) is 7.16. The van der Waals surface area contributed by atoms with E-state index >= 15 is 0 Å². The minimum absolute atomic E-state index is 0.303.